The second-order valence-electron chi connectivity index (χ2n) is 6.89. The Hall–Kier alpha value is -2.04. The third-order valence-corrected chi connectivity index (χ3v) is 4.92. The van der Waals surface area contributed by atoms with Gasteiger partial charge in [0.15, 0.2) is 0 Å². The Balaban J connectivity index is 1.50. The molecule has 1 N–H and O–H groups in total. The maximum atomic E-state index is 12.5. The second kappa shape index (κ2) is 7.69. The average Bonchev–Trinajstić information content (AvgIpc) is 3.45. The molecule has 0 radical (unpaired) electrons. The monoisotopic (exact) mass is 330 g/mol. The van der Waals surface area contributed by atoms with Crippen molar-refractivity contribution < 1.29 is 14.3 Å². The van der Waals surface area contributed by atoms with Gasteiger partial charge in [0, 0.05) is 19.6 Å². The van der Waals surface area contributed by atoms with Crippen LogP contribution >= 0.6 is 0 Å². The van der Waals surface area contributed by atoms with Gasteiger partial charge in [0.05, 0.1) is 19.4 Å². The zero-order valence-electron chi connectivity index (χ0n) is 14.3. The van der Waals surface area contributed by atoms with E-state index in [0.29, 0.717) is 18.9 Å². The minimum atomic E-state index is -0.0580. The third kappa shape index (κ3) is 4.49. The van der Waals surface area contributed by atoms with Crippen LogP contribution in [-0.2, 0) is 16.0 Å². The second-order valence-corrected chi connectivity index (χ2v) is 6.89. The van der Waals surface area contributed by atoms with E-state index in [4.69, 9.17) is 4.74 Å². The fourth-order valence-electron chi connectivity index (χ4n) is 3.16. The van der Waals surface area contributed by atoms with Gasteiger partial charge in [-0.1, -0.05) is 12.1 Å². The van der Waals surface area contributed by atoms with E-state index in [1.165, 1.54) is 12.8 Å². The first-order valence-corrected chi connectivity index (χ1v) is 8.84. The summed E-state index contributed by atoms with van der Waals surface area (Å²) in [4.78, 5) is 26.6. The van der Waals surface area contributed by atoms with Crippen molar-refractivity contribution in [2.24, 2.45) is 11.8 Å². The first-order valence-electron chi connectivity index (χ1n) is 8.84. The predicted molar refractivity (Wildman–Crippen MR) is 91.7 cm³/mol. The molecule has 0 aromatic heterocycles. The summed E-state index contributed by atoms with van der Waals surface area (Å²) >= 11 is 0. The van der Waals surface area contributed by atoms with E-state index < -0.39 is 0 Å². The number of hydrogen-bond donors (Lipinski definition) is 1. The molecule has 2 fully saturated rings. The van der Waals surface area contributed by atoms with E-state index in [2.05, 4.69) is 5.32 Å². The lowest BCUT2D eigenvalue weighted by Gasteiger charge is -2.32. The number of amides is 2. The van der Waals surface area contributed by atoms with Crippen LogP contribution in [0.4, 0.5) is 0 Å². The van der Waals surface area contributed by atoms with Crippen LogP contribution in [0.25, 0.3) is 0 Å². The Kier molecular flexibility index (Phi) is 5.38. The summed E-state index contributed by atoms with van der Waals surface area (Å²) in [5, 5.41) is 3.05. The summed E-state index contributed by atoms with van der Waals surface area (Å²) in [6.07, 6.45) is 4.62. The van der Waals surface area contributed by atoms with Crippen LogP contribution in [0.2, 0.25) is 0 Å². The standard InChI is InChI=1S/C19H26N2O3/c1-24-17-8-6-14(7-9-17)11-18(22)21-10-2-3-16(13-21)19(23)20-12-15-4-5-15/h6-9,15-16H,2-5,10-13H2,1H3,(H,20,23). The number of rotatable bonds is 6. The quantitative estimate of drug-likeness (QED) is 0.868. The molecule has 2 aliphatic rings. The molecule has 1 unspecified atom stereocenters. The topological polar surface area (TPSA) is 58.6 Å². The molecule has 1 aliphatic carbocycles. The molecule has 1 saturated carbocycles. The van der Waals surface area contributed by atoms with Crippen LogP contribution in [-0.4, -0.2) is 43.5 Å². The number of methoxy groups -OCH3 is 1. The SMILES string of the molecule is COc1ccc(CC(=O)N2CCCC(C(=O)NCC3CC3)C2)cc1. The van der Waals surface area contributed by atoms with Gasteiger partial charge < -0.3 is 15.0 Å². The molecule has 1 aliphatic heterocycles. The van der Waals surface area contributed by atoms with Crippen LogP contribution in [0.1, 0.15) is 31.2 Å². The van der Waals surface area contributed by atoms with Gasteiger partial charge in [-0.05, 0) is 49.3 Å². The van der Waals surface area contributed by atoms with Crippen molar-refractivity contribution in [1.82, 2.24) is 10.2 Å². The number of benzene rings is 1. The number of likely N-dealkylation sites (tertiary alicyclic amines) is 1. The first-order chi connectivity index (χ1) is 11.7. The Morgan fingerprint density at radius 1 is 1.21 bits per heavy atom. The van der Waals surface area contributed by atoms with E-state index in [9.17, 15) is 9.59 Å². The van der Waals surface area contributed by atoms with Crippen molar-refractivity contribution in [3.8, 4) is 5.75 Å². The molecule has 1 saturated heterocycles. The number of nitrogens with zero attached hydrogens (tertiary/aromatic N) is 1. The number of piperidine rings is 1. The molecule has 1 aromatic rings. The lowest BCUT2D eigenvalue weighted by Crippen LogP contribution is -2.46. The highest BCUT2D eigenvalue weighted by atomic mass is 16.5. The van der Waals surface area contributed by atoms with Gasteiger partial charge in [-0.25, -0.2) is 0 Å². The molecule has 3 rings (SSSR count). The van der Waals surface area contributed by atoms with Gasteiger partial charge in [-0.15, -0.1) is 0 Å². The smallest absolute Gasteiger partial charge is 0.227 e. The molecule has 24 heavy (non-hydrogen) atoms. The highest BCUT2D eigenvalue weighted by Crippen LogP contribution is 2.28. The normalized spacial score (nSPS) is 20.5. The van der Waals surface area contributed by atoms with Crippen LogP contribution in [0.15, 0.2) is 24.3 Å². The van der Waals surface area contributed by atoms with Gasteiger partial charge >= 0.3 is 0 Å². The fraction of sp³-hybridized carbons (Fsp3) is 0.579. The molecule has 5 heteroatoms. The summed E-state index contributed by atoms with van der Waals surface area (Å²) in [5.41, 5.74) is 0.973. The summed E-state index contributed by atoms with van der Waals surface area (Å²) in [7, 11) is 1.63. The van der Waals surface area contributed by atoms with E-state index in [0.717, 1.165) is 37.2 Å². The Morgan fingerprint density at radius 3 is 2.62 bits per heavy atom. The van der Waals surface area contributed by atoms with E-state index >= 15 is 0 Å². The van der Waals surface area contributed by atoms with E-state index in [1.807, 2.05) is 29.2 Å². The Labute approximate surface area is 143 Å². The van der Waals surface area contributed by atoms with Crippen LogP contribution in [0.5, 0.6) is 5.75 Å². The number of carbonyl (C=O) groups is 2. The van der Waals surface area contributed by atoms with Crippen molar-refractivity contribution in [1.29, 1.82) is 0 Å². The molecule has 1 heterocycles. The maximum Gasteiger partial charge on any atom is 0.227 e. The number of carbonyl (C=O) groups excluding carboxylic acids is 2. The number of nitrogens with one attached hydrogen (secondary N) is 1. The lowest BCUT2D eigenvalue weighted by molar-refractivity contribution is -0.135. The highest BCUT2D eigenvalue weighted by molar-refractivity contribution is 5.82. The molecule has 2 amide bonds. The van der Waals surface area contributed by atoms with E-state index in [1.54, 1.807) is 7.11 Å². The van der Waals surface area contributed by atoms with Gasteiger partial charge in [-0.3, -0.25) is 9.59 Å². The lowest BCUT2D eigenvalue weighted by atomic mass is 9.96. The summed E-state index contributed by atoms with van der Waals surface area (Å²) in [6.45, 7) is 2.10. The molecule has 1 aromatic carbocycles. The summed E-state index contributed by atoms with van der Waals surface area (Å²) in [6, 6.07) is 7.57. The van der Waals surface area contributed by atoms with E-state index in [-0.39, 0.29) is 17.7 Å². The zero-order chi connectivity index (χ0) is 16.9. The minimum Gasteiger partial charge on any atom is -0.497 e. The Morgan fingerprint density at radius 2 is 1.96 bits per heavy atom. The number of ether oxygens (including phenoxy) is 1. The fourth-order valence-corrected chi connectivity index (χ4v) is 3.16. The molecule has 1 atom stereocenters. The third-order valence-electron chi connectivity index (χ3n) is 4.92. The maximum absolute atomic E-state index is 12.5. The van der Waals surface area contributed by atoms with Crippen molar-refractivity contribution >= 4 is 11.8 Å². The highest BCUT2D eigenvalue weighted by Gasteiger charge is 2.29. The summed E-state index contributed by atoms with van der Waals surface area (Å²) < 4.78 is 5.14. The van der Waals surface area contributed by atoms with Crippen LogP contribution in [0, 0.1) is 11.8 Å². The van der Waals surface area contributed by atoms with Crippen molar-refractivity contribution in [3.63, 3.8) is 0 Å². The van der Waals surface area contributed by atoms with Gasteiger partial charge in [0.2, 0.25) is 11.8 Å². The predicted octanol–water partition coefficient (Wildman–Crippen LogP) is 2.00. The molecule has 0 bridgehead atoms. The van der Waals surface area contributed by atoms with Crippen LogP contribution in [0.3, 0.4) is 0 Å². The number of hydrogen-bond acceptors (Lipinski definition) is 3. The molecule has 130 valence electrons. The van der Waals surface area contributed by atoms with Crippen molar-refractivity contribution in [2.75, 3.05) is 26.7 Å². The average molecular weight is 330 g/mol. The first kappa shape index (κ1) is 16.8. The molecular weight excluding hydrogens is 304 g/mol. The largest absolute Gasteiger partial charge is 0.497 e. The summed E-state index contributed by atoms with van der Waals surface area (Å²) in [5.74, 6) is 1.63. The van der Waals surface area contributed by atoms with Gasteiger partial charge in [0.1, 0.15) is 5.75 Å². The van der Waals surface area contributed by atoms with Crippen molar-refractivity contribution in [2.45, 2.75) is 32.1 Å². The molecule has 5 nitrogen and oxygen atoms in total. The molecule has 0 spiro atoms. The Bertz CT molecular complexity index is 581. The van der Waals surface area contributed by atoms with Crippen molar-refractivity contribution in [3.05, 3.63) is 29.8 Å². The van der Waals surface area contributed by atoms with Gasteiger partial charge in [0.25, 0.3) is 0 Å². The van der Waals surface area contributed by atoms with Gasteiger partial charge in [-0.2, -0.15) is 0 Å². The van der Waals surface area contributed by atoms with Crippen LogP contribution < -0.4 is 10.1 Å². The molecular formula is C19H26N2O3. The zero-order valence-corrected chi connectivity index (χ0v) is 14.3. The minimum absolute atomic E-state index is 0.0580.